The highest BCUT2D eigenvalue weighted by molar-refractivity contribution is 6.53. The highest BCUT2D eigenvalue weighted by Crippen LogP contribution is 2.33. The van der Waals surface area contributed by atoms with Crippen LogP contribution < -0.4 is 19.7 Å². The summed E-state index contributed by atoms with van der Waals surface area (Å²) in [5, 5.41) is 3.13. The van der Waals surface area contributed by atoms with Gasteiger partial charge in [0.25, 0.3) is 11.8 Å². The largest absolute Gasteiger partial charge is 0.490 e. The number of esters is 1. The van der Waals surface area contributed by atoms with Gasteiger partial charge >= 0.3 is 5.97 Å². The molecule has 1 aliphatic heterocycles. The van der Waals surface area contributed by atoms with Crippen molar-refractivity contribution < 1.29 is 23.9 Å². The number of ether oxygens (including phenoxy) is 2. The van der Waals surface area contributed by atoms with Crippen molar-refractivity contribution in [2.75, 3.05) is 16.8 Å². The van der Waals surface area contributed by atoms with Crippen LogP contribution in [-0.4, -0.2) is 24.4 Å². The van der Waals surface area contributed by atoms with E-state index in [0.717, 1.165) is 4.90 Å². The molecule has 178 valence electrons. The van der Waals surface area contributed by atoms with Crippen molar-refractivity contribution in [3.05, 3.63) is 93.6 Å². The zero-order valence-corrected chi connectivity index (χ0v) is 20.3. The van der Waals surface area contributed by atoms with Crippen molar-refractivity contribution in [1.82, 2.24) is 0 Å². The molecule has 0 bridgehead atoms. The number of rotatable bonds is 7. The number of amides is 2. The Hall–Kier alpha value is -3.81. The van der Waals surface area contributed by atoms with E-state index in [1.54, 1.807) is 61.5 Å². The molecule has 9 heteroatoms. The van der Waals surface area contributed by atoms with Crippen molar-refractivity contribution in [1.29, 1.82) is 0 Å². The topological polar surface area (TPSA) is 84.9 Å². The van der Waals surface area contributed by atoms with Gasteiger partial charge in [0.15, 0.2) is 11.5 Å². The van der Waals surface area contributed by atoms with E-state index < -0.39 is 17.8 Å². The van der Waals surface area contributed by atoms with Crippen molar-refractivity contribution in [3.63, 3.8) is 0 Å². The summed E-state index contributed by atoms with van der Waals surface area (Å²) in [6.07, 6.45) is 0. The Bertz CT molecular complexity index is 1350. The molecule has 1 aliphatic rings. The zero-order valence-electron chi connectivity index (χ0n) is 18.8. The number of para-hydroxylation sites is 2. The SMILES string of the molecule is CCOc1ccccc1OC(=O)c1ccc(NC2=C(Cl)C(=O)N(c3ccc(Cl)cc3C)C2=O)cc1. The van der Waals surface area contributed by atoms with Crippen LogP contribution >= 0.6 is 23.2 Å². The number of imide groups is 1. The lowest BCUT2D eigenvalue weighted by molar-refractivity contribution is -0.120. The van der Waals surface area contributed by atoms with Crippen LogP contribution in [0.5, 0.6) is 11.5 Å². The molecule has 0 saturated carbocycles. The van der Waals surface area contributed by atoms with Crippen LogP contribution in [0.3, 0.4) is 0 Å². The molecular formula is C26H20Cl2N2O5. The Labute approximate surface area is 211 Å². The average Bonchev–Trinajstić information content (AvgIpc) is 3.04. The van der Waals surface area contributed by atoms with Gasteiger partial charge in [-0.2, -0.15) is 0 Å². The first-order valence-corrected chi connectivity index (χ1v) is 11.4. The molecule has 3 aromatic rings. The number of nitrogens with one attached hydrogen (secondary N) is 1. The molecule has 0 spiro atoms. The first-order valence-electron chi connectivity index (χ1n) is 10.7. The second-order valence-electron chi connectivity index (χ2n) is 7.54. The van der Waals surface area contributed by atoms with E-state index in [4.69, 9.17) is 32.7 Å². The van der Waals surface area contributed by atoms with E-state index in [-0.39, 0.29) is 16.3 Å². The smallest absolute Gasteiger partial charge is 0.343 e. The summed E-state index contributed by atoms with van der Waals surface area (Å²) >= 11 is 12.2. The Morgan fingerprint density at radius 2 is 1.63 bits per heavy atom. The average molecular weight is 511 g/mol. The highest BCUT2D eigenvalue weighted by atomic mass is 35.5. The standard InChI is InChI=1S/C26H20Cl2N2O5/c1-3-34-20-6-4-5-7-21(20)35-26(33)16-8-11-18(12-9-16)29-23-22(28)24(31)30(25(23)32)19-13-10-17(27)14-15(19)2/h4-14,29H,3H2,1-2H3. The van der Waals surface area contributed by atoms with Crippen LogP contribution in [-0.2, 0) is 9.59 Å². The van der Waals surface area contributed by atoms with Gasteiger partial charge in [0, 0.05) is 10.7 Å². The normalized spacial score (nSPS) is 13.3. The van der Waals surface area contributed by atoms with Crippen LogP contribution in [0.1, 0.15) is 22.8 Å². The monoisotopic (exact) mass is 510 g/mol. The summed E-state index contributed by atoms with van der Waals surface area (Å²) < 4.78 is 10.9. The number of hydrogen-bond donors (Lipinski definition) is 1. The third-order valence-corrected chi connectivity index (χ3v) is 5.75. The van der Waals surface area contributed by atoms with E-state index in [1.165, 1.54) is 12.1 Å². The molecule has 0 saturated heterocycles. The van der Waals surface area contributed by atoms with Gasteiger partial charge < -0.3 is 14.8 Å². The summed E-state index contributed by atoms with van der Waals surface area (Å²) in [4.78, 5) is 39.3. The van der Waals surface area contributed by atoms with Gasteiger partial charge in [-0.1, -0.05) is 35.3 Å². The second kappa shape index (κ2) is 10.2. The number of carbonyl (C=O) groups is 3. The van der Waals surface area contributed by atoms with Gasteiger partial charge in [-0.25, -0.2) is 9.69 Å². The van der Waals surface area contributed by atoms with Crippen LogP contribution in [0, 0.1) is 6.92 Å². The second-order valence-corrected chi connectivity index (χ2v) is 8.35. The number of anilines is 2. The first-order chi connectivity index (χ1) is 16.8. The minimum atomic E-state index is -0.641. The molecule has 0 atom stereocenters. The molecule has 0 fully saturated rings. The van der Waals surface area contributed by atoms with Gasteiger partial charge in [0.2, 0.25) is 0 Å². The third-order valence-electron chi connectivity index (χ3n) is 5.17. The number of carbonyl (C=O) groups excluding carboxylic acids is 3. The fourth-order valence-corrected chi connectivity index (χ4v) is 3.94. The quantitative estimate of drug-likeness (QED) is 0.249. The van der Waals surface area contributed by atoms with E-state index in [9.17, 15) is 14.4 Å². The summed E-state index contributed by atoms with van der Waals surface area (Å²) in [6.45, 7) is 4.01. The molecule has 4 rings (SSSR count). The number of benzene rings is 3. The summed E-state index contributed by atoms with van der Waals surface area (Å²) in [5.41, 5.74) is 1.73. The number of halogens is 2. The predicted molar refractivity (Wildman–Crippen MR) is 134 cm³/mol. The van der Waals surface area contributed by atoms with Gasteiger partial charge in [-0.3, -0.25) is 9.59 Å². The van der Waals surface area contributed by atoms with Crippen LogP contribution in [0.2, 0.25) is 5.02 Å². The van der Waals surface area contributed by atoms with Gasteiger partial charge in [-0.05, 0) is 74.0 Å². The maximum atomic E-state index is 13.0. The van der Waals surface area contributed by atoms with Gasteiger partial charge in [0.1, 0.15) is 10.7 Å². The van der Waals surface area contributed by atoms with Crippen molar-refractivity contribution in [2.45, 2.75) is 13.8 Å². The third kappa shape index (κ3) is 5.01. The molecule has 3 aromatic carbocycles. The Morgan fingerprint density at radius 1 is 0.943 bits per heavy atom. The Morgan fingerprint density at radius 3 is 2.29 bits per heavy atom. The lowest BCUT2D eigenvalue weighted by Crippen LogP contribution is -2.32. The summed E-state index contributed by atoms with van der Waals surface area (Å²) in [5.74, 6) is -1.03. The summed E-state index contributed by atoms with van der Waals surface area (Å²) in [7, 11) is 0. The number of aryl methyl sites for hydroxylation is 1. The lowest BCUT2D eigenvalue weighted by Gasteiger charge is -2.17. The maximum Gasteiger partial charge on any atom is 0.343 e. The predicted octanol–water partition coefficient (Wildman–Crippen LogP) is 5.70. The van der Waals surface area contributed by atoms with E-state index >= 15 is 0 Å². The number of nitrogens with zero attached hydrogens (tertiary/aromatic N) is 1. The van der Waals surface area contributed by atoms with E-state index in [2.05, 4.69) is 5.32 Å². The molecule has 35 heavy (non-hydrogen) atoms. The fraction of sp³-hybridized carbons (Fsp3) is 0.115. The van der Waals surface area contributed by atoms with Crippen LogP contribution in [0.4, 0.5) is 11.4 Å². The molecule has 7 nitrogen and oxygen atoms in total. The molecule has 0 unspecified atom stereocenters. The lowest BCUT2D eigenvalue weighted by atomic mass is 10.2. The fourth-order valence-electron chi connectivity index (χ4n) is 3.50. The molecule has 0 aromatic heterocycles. The van der Waals surface area contributed by atoms with Crippen molar-refractivity contribution in [2.24, 2.45) is 0 Å². The molecular weight excluding hydrogens is 491 g/mol. The molecule has 2 amide bonds. The first kappa shape index (κ1) is 24.3. The molecule has 1 N–H and O–H groups in total. The van der Waals surface area contributed by atoms with Crippen molar-refractivity contribution >= 4 is 52.4 Å². The van der Waals surface area contributed by atoms with Crippen LogP contribution in [0.15, 0.2) is 77.5 Å². The maximum absolute atomic E-state index is 13.0. The number of hydrogen-bond acceptors (Lipinski definition) is 6. The summed E-state index contributed by atoms with van der Waals surface area (Å²) in [6, 6.07) is 17.9. The van der Waals surface area contributed by atoms with Crippen molar-refractivity contribution in [3.8, 4) is 11.5 Å². The highest BCUT2D eigenvalue weighted by Gasteiger charge is 2.39. The minimum absolute atomic E-state index is 0.0630. The molecule has 0 aliphatic carbocycles. The van der Waals surface area contributed by atoms with E-state index in [1.807, 2.05) is 6.92 Å². The van der Waals surface area contributed by atoms with Crippen LogP contribution in [0.25, 0.3) is 0 Å². The van der Waals surface area contributed by atoms with Gasteiger partial charge in [0.05, 0.1) is 17.9 Å². The Balaban J connectivity index is 1.49. The Kier molecular flexibility index (Phi) is 7.10. The molecule has 0 radical (unpaired) electrons. The van der Waals surface area contributed by atoms with Gasteiger partial charge in [-0.15, -0.1) is 0 Å². The zero-order chi connectivity index (χ0) is 25.1. The van der Waals surface area contributed by atoms with E-state index in [0.29, 0.717) is 40.1 Å². The molecule has 1 heterocycles. The minimum Gasteiger partial charge on any atom is -0.490 e.